The minimum atomic E-state index is -0.458. The molecule has 0 aliphatic rings. The highest BCUT2D eigenvalue weighted by molar-refractivity contribution is 5.60. The van der Waals surface area contributed by atoms with Crippen molar-refractivity contribution >= 4 is 23.3 Å². The summed E-state index contributed by atoms with van der Waals surface area (Å²) in [6, 6.07) is 5.81. The molecule has 0 saturated heterocycles. The Morgan fingerprint density at radius 1 is 1.10 bits per heavy atom. The van der Waals surface area contributed by atoms with Gasteiger partial charge in [-0.15, -0.1) is 0 Å². The molecule has 0 saturated carbocycles. The Kier molecular flexibility index (Phi) is 4.13. The summed E-state index contributed by atoms with van der Waals surface area (Å²) in [7, 11) is 1.38. The van der Waals surface area contributed by atoms with E-state index in [2.05, 4.69) is 26.1 Å². The molecule has 106 valence electrons. The molecule has 20 heavy (non-hydrogen) atoms. The van der Waals surface area contributed by atoms with Crippen LogP contribution in [0.4, 0.5) is 27.7 Å². The number of nitrogens with one attached hydrogen (secondary N) is 3. The van der Waals surface area contributed by atoms with Crippen LogP contribution in [0.2, 0.25) is 0 Å². The second-order valence-corrected chi connectivity index (χ2v) is 3.73. The molecule has 0 atom stereocenters. The predicted molar refractivity (Wildman–Crippen MR) is 73.9 cm³/mol. The maximum Gasteiger partial charge on any atom is 0.231 e. The van der Waals surface area contributed by atoms with Crippen LogP contribution in [0.1, 0.15) is 0 Å². The van der Waals surface area contributed by atoms with Crippen molar-refractivity contribution in [2.45, 2.75) is 0 Å². The van der Waals surface area contributed by atoms with Crippen molar-refractivity contribution in [3.05, 3.63) is 30.1 Å². The lowest BCUT2D eigenvalue weighted by atomic mass is 10.3. The van der Waals surface area contributed by atoms with Gasteiger partial charge < -0.3 is 20.9 Å². The van der Waals surface area contributed by atoms with Crippen molar-refractivity contribution in [3.8, 4) is 5.75 Å². The smallest absolute Gasteiger partial charge is 0.231 e. The zero-order valence-electron chi connectivity index (χ0n) is 10.6. The number of hydrazine groups is 2. The van der Waals surface area contributed by atoms with E-state index in [-0.39, 0.29) is 11.7 Å². The van der Waals surface area contributed by atoms with Gasteiger partial charge in [0, 0.05) is 17.8 Å². The Balaban J connectivity index is 2.29. The number of nitrogens with two attached hydrogens (primary N) is 2. The van der Waals surface area contributed by atoms with Gasteiger partial charge in [-0.2, -0.15) is 9.97 Å². The van der Waals surface area contributed by atoms with Crippen LogP contribution in [-0.4, -0.2) is 17.1 Å². The molecule has 2 rings (SSSR count). The van der Waals surface area contributed by atoms with E-state index in [0.29, 0.717) is 17.3 Å². The Bertz CT molecular complexity index is 585. The number of anilines is 4. The summed E-state index contributed by atoms with van der Waals surface area (Å²) in [6.07, 6.45) is 0. The molecule has 1 heterocycles. The highest BCUT2D eigenvalue weighted by Gasteiger charge is 2.07. The van der Waals surface area contributed by atoms with Crippen LogP contribution >= 0.6 is 0 Å². The van der Waals surface area contributed by atoms with Crippen LogP contribution in [0.15, 0.2) is 24.3 Å². The molecule has 0 aliphatic heterocycles. The van der Waals surface area contributed by atoms with Crippen LogP contribution < -0.4 is 32.6 Å². The van der Waals surface area contributed by atoms with Crippen molar-refractivity contribution in [2.24, 2.45) is 11.7 Å². The van der Waals surface area contributed by atoms with E-state index < -0.39 is 5.82 Å². The van der Waals surface area contributed by atoms with Gasteiger partial charge in [-0.1, -0.05) is 0 Å². The Hall–Kier alpha value is -2.65. The molecule has 9 heteroatoms. The minimum absolute atomic E-state index is 0.111. The largest absolute Gasteiger partial charge is 0.494 e. The number of aromatic nitrogens is 2. The molecule has 1 aromatic carbocycles. The summed E-state index contributed by atoms with van der Waals surface area (Å²) in [6.45, 7) is 0. The summed E-state index contributed by atoms with van der Waals surface area (Å²) >= 11 is 0. The summed E-state index contributed by atoms with van der Waals surface area (Å²) in [4.78, 5) is 8.17. The first-order valence-electron chi connectivity index (χ1n) is 5.59. The molecule has 0 amide bonds. The summed E-state index contributed by atoms with van der Waals surface area (Å²) in [5, 5.41) is 2.90. The van der Waals surface area contributed by atoms with E-state index in [1.165, 1.54) is 31.4 Å². The summed E-state index contributed by atoms with van der Waals surface area (Å²) in [5.74, 6) is 11.2. The van der Waals surface area contributed by atoms with Crippen molar-refractivity contribution in [2.75, 3.05) is 23.3 Å². The third-order valence-electron chi connectivity index (χ3n) is 2.43. The number of hydrogen-bond donors (Lipinski definition) is 5. The van der Waals surface area contributed by atoms with E-state index in [1.807, 2.05) is 0 Å². The Morgan fingerprint density at radius 3 is 2.30 bits per heavy atom. The summed E-state index contributed by atoms with van der Waals surface area (Å²) in [5.41, 5.74) is 5.33. The number of benzene rings is 1. The van der Waals surface area contributed by atoms with E-state index >= 15 is 0 Å². The van der Waals surface area contributed by atoms with E-state index in [9.17, 15) is 4.39 Å². The first-order chi connectivity index (χ1) is 9.66. The highest BCUT2D eigenvalue weighted by Crippen LogP contribution is 2.24. The average Bonchev–Trinajstić information content (AvgIpc) is 2.48. The van der Waals surface area contributed by atoms with Gasteiger partial charge in [0.15, 0.2) is 11.6 Å². The fraction of sp³-hybridized carbons (Fsp3) is 0.0909. The average molecular weight is 279 g/mol. The molecule has 7 N–H and O–H groups in total. The van der Waals surface area contributed by atoms with Crippen molar-refractivity contribution < 1.29 is 9.13 Å². The number of nitrogens with zero attached hydrogens (tertiary/aromatic N) is 2. The number of methoxy groups -OCH3 is 1. The fourth-order valence-electron chi connectivity index (χ4n) is 1.52. The quantitative estimate of drug-likeness (QED) is 0.405. The van der Waals surface area contributed by atoms with Crippen LogP contribution in [0.5, 0.6) is 5.75 Å². The molecule has 0 aliphatic carbocycles. The molecule has 2 aromatic rings. The minimum Gasteiger partial charge on any atom is -0.494 e. The van der Waals surface area contributed by atoms with Crippen LogP contribution in [0.3, 0.4) is 0 Å². The normalized spacial score (nSPS) is 10.0. The molecular formula is C11H14FN7O. The SMILES string of the molecule is COc1cc(Nc2nc(NN)cc(NN)n2)ccc1F. The van der Waals surface area contributed by atoms with Gasteiger partial charge >= 0.3 is 0 Å². The van der Waals surface area contributed by atoms with Gasteiger partial charge in [-0.3, -0.25) is 0 Å². The van der Waals surface area contributed by atoms with E-state index in [4.69, 9.17) is 16.4 Å². The maximum atomic E-state index is 13.3. The molecule has 0 radical (unpaired) electrons. The second kappa shape index (κ2) is 5.99. The van der Waals surface area contributed by atoms with E-state index in [1.54, 1.807) is 0 Å². The topological polar surface area (TPSA) is 123 Å². The lowest BCUT2D eigenvalue weighted by Gasteiger charge is -2.10. The van der Waals surface area contributed by atoms with Crippen molar-refractivity contribution in [1.29, 1.82) is 0 Å². The van der Waals surface area contributed by atoms with Gasteiger partial charge in [-0.05, 0) is 12.1 Å². The number of ether oxygens (including phenoxy) is 1. The van der Waals surface area contributed by atoms with Gasteiger partial charge in [0.05, 0.1) is 7.11 Å². The number of halogens is 1. The highest BCUT2D eigenvalue weighted by atomic mass is 19.1. The van der Waals surface area contributed by atoms with Gasteiger partial charge in [0.1, 0.15) is 11.6 Å². The molecule has 8 nitrogen and oxygen atoms in total. The predicted octanol–water partition coefficient (Wildman–Crippen LogP) is 0.939. The van der Waals surface area contributed by atoms with Gasteiger partial charge in [0.2, 0.25) is 5.95 Å². The van der Waals surface area contributed by atoms with Gasteiger partial charge in [0.25, 0.3) is 0 Å². The number of nitrogen functional groups attached to an aromatic ring is 2. The van der Waals surface area contributed by atoms with Crippen molar-refractivity contribution in [3.63, 3.8) is 0 Å². The zero-order chi connectivity index (χ0) is 14.5. The Morgan fingerprint density at radius 2 is 1.75 bits per heavy atom. The van der Waals surface area contributed by atoms with Crippen LogP contribution in [0.25, 0.3) is 0 Å². The third-order valence-corrected chi connectivity index (χ3v) is 2.43. The lowest BCUT2D eigenvalue weighted by molar-refractivity contribution is 0.387. The Labute approximate surface area is 114 Å². The van der Waals surface area contributed by atoms with Gasteiger partial charge in [-0.25, -0.2) is 16.1 Å². The molecule has 0 bridgehead atoms. The third kappa shape index (κ3) is 3.02. The fourth-order valence-corrected chi connectivity index (χ4v) is 1.52. The standard InChI is InChI=1S/C11H14FN7O/c1-20-8-4-6(2-3-7(8)12)15-11-16-9(18-13)5-10(17-11)19-14/h2-5H,13-14H2,1H3,(H3,15,16,17,18,19). The zero-order valence-corrected chi connectivity index (χ0v) is 10.6. The van der Waals surface area contributed by atoms with E-state index in [0.717, 1.165) is 0 Å². The number of hydrogen-bond acceptors (Lipinski definition) is 8. The first kappa shape index (κ1) is 13.8. The first-order valence-corrected chi connectivity index (χ1v) is 5.59. The number of rotatable bonds is 5. The van der Waals surface area contributed by atoms with Crippen LogP contribution in [-0.2, 0) is 0 Å². The van der Waals surface area contributed by atoms with Crippen molar-refractivity contribution in [1.82, 2.24) is 9.97 Å². The molecule has 0 spiro atoms. The maximum absolute atomic E-state index is 13.3. The monoisotopic (exact) mass is 279 g/mol. The molecule has 0 fully saturated rings. The van der Waals surface area contributed by atoms with Crippen LogP contribution in [0, 0.1) is 5.82 Å². The lowest BCUT2D eigenvalue weighted by Crippen LogP contribution is -2.14. The second-order valence-electron chi connectivity index (χ2n) is 3.73. The molecule has 0 unspecified atom stereocenters. The molecule has 1 aromatic heterocycles. The summed E-state index contributed by atoms with van der Waals surface area (Å²) < 4.78 is 18.2. The molecular weight excluding hydrogens is 265 g/mol.